The van der Waals surface area contributed by atoms with Crippen molar-refractivity contribution in [1.82, 2.24) is 10.3 Å². The summed E-state index contributed by atoms with van der Waals surface area (Å²) in [5, 5.41) is 14.1. The van der Waals surface area contributed by atoms with Crippen molar-refractivity contribution in [2.75, 3.05) is 0 Å². The number of nitrogens with one attached hydrogen (secondary N) is 2. The van der Waals surface area contributed by atoms with Crippen molar-refractivity contribution in [1.29, 1.82) is 0 Å². The molecule has 2 aromatic rings. The third-order valence-corrected chi connectivity index (χ3v) is 4.33. The lowest BCUT2D eigenvalue weighted by Gasteiger charge is -2.28. The first-order valence-corrected chi connectivity index (χ1v) is 7.67. The molecule has 1 heterocycles. The van der Waals surface area contributed by atoms with Crippen LogP contribution in [0.2, 0.25) is 0 Å². The van der Waals surface area contributed by atoms with Crippen molar-refractivity contribution in [2.24, 2.45) is 0 Å². The van der Waals surface area contributed by atoms with Crippen LogP contribution in [-0.4, -0.2) is 22.2 Å². The van der Waals surface area contributed by atoms with Gasteiger partial charge in [0.25, 0.3) is 0 Å². The zero-order valence-electron chi connectivity index (χ0n) is 12.4. The van der Waals surface area contributed by atoms with E-state index < -0.39 is 0 Å². The van der Waals surface area contributed by atoms with E-state index in [-0.39, 0.29) is 17.6 Å². The molecule has 0 unspecified atom stereocenters. The van der Waals surface area contributed by atoms with Crippen LogP contribution in [0, 0.1) is 6.92 Å². The van der Waals surface area contributed by atoms with Crippen molar-refractivity contribution >= 4 is 10.9 Å². The summed E-state index contributed by atoms with van der Waals surface area (Å²) in [6.07, 6.45) is 3.85. The van der Waals surface area contributed by atoms with Crippen molar-refractivity contribution in [3.63, 3.8) is 0 Å². The highest BCUT2D eigenvalue weighted by Gasteiger charge is 2.22. The van der Waals surface area contributed by atoms with Gasteiger partial charge in [-0.05, 0) is 31.9 Å². The fourth-order valence-corrected chi connectivity index (χ4v) is 3.10. The summed E-state index contributed by atoms with van der Waals surface area (Å²) in [6.45, 7) is 2.57. The Kier molecular flexibility index (Phi) is 4.08. The highest BCUT2D eigenvalue weighted by Crippen LogP contribution is 2.18. The van der Waals surface area contributed by atoms with Crippen LogP contribution < -0.4 is 10.7 Å². The second-order valence-corrected chi connectivity index (χ2v) is 6.05. The van der Waals surface area contributed by atoms with Gasteiger partial charge in [-0.25, -0.2) is 0 Å². The van der Waals surface area contributed by atoms with Crippen molar-refractivity contribution in [3.8, 4) is 0 Å². The number of pyridine rings is 1. The minimum Gasteiger partial charge on any atom is -0.392 e. The number of aliphatic hydroxyl groups excluding tert-OH is 1. The van der Waals surface area contributed by atoms with E-state index in [9.17, 15) is 9.90 Å². The first-order valence-electron chi connectivity index (χ1n) is 7.67. The molecular weight excluding hydrogens is 264 g/mol. The molecule has 1 aliphatic rings. The molecule has 3 rings (SSSR count). The number of aromatic nitrogens is 1. The molecule has 1 aliphatic carbocycles. The quantitative estimate of drug-likeness (QED) is 0.810. The Labute approximate surface area is 124 Å². The molecule has 3 N–H and O–H groups in total. The van der Waals surface area contributed by atoms with Crippen LogP contribution in [0.3, 0.4) is 0 Å². The molecule has 4 heteroatoms. The van der Waals surface area contributed by atoms with Gasteiger partial charge in [-0.2, -0.15) is 0 Å². The first kappa shape index (κ1) is 14.3. The molecular formula is C17H22N2O2. The van der Waals surface area contributed by atoms with Crippen LogP contribution in [0.15, 0.2) is 29.1 Å². The summed E-state index contributed by atoms with van der Waals surface area (Å²) in [4.78, 5) is 15.5. The molecule has 0 bridgehead atoms. The van der Waals surface area contributed by atoms with E-state index in [1.54, 1.807) is 6.07 Å². The van der Waals surface area contributed by atoms with Crippen molar-refractivity contribution in [3.05, 3.63) is 45.7 Å². The van der Waals surface area contributed by atoms with E-state index in [4.69, 9.17) is 0 Å². The zero-order chi connectivity index (χ0) is 14.8. The van der Waals surface area contributed by atoms with Gasteiger partial charge in [0, 0.05) is 35.2 Å². The number of aryl methyl sites for hydroxylation is 1. The standard InChI is InChI=1S/C17H22N2O2/c1-11-6-7-14-13(8-11)17(21)9-12(19-14)10-18-15-4-2-3-5-16(15)20/h6-9,15-16,18,20H,2-5,10H2,1H3,(H,19,21)/t15-,16-/m1/s1. The smallest absolute Gasteiger partial charge is 0.189 e. The maximum absolute atomic E-state index is 12.2. The second kappa shape index (κ2) is 6.00. The molecule has 1 aromatic carbocycles. The van der Waals surface area contributed by atoms with Gasteiger partial charge in [0.05, 0.1) is 6.10 Å². The molecule has 112 valence electrons. The van der Waals surface area contributed by atoms with Gasteiger partial charge < -0.3 is 15.4 Å². The number of aliphatic hydroxyl groups is 1. The fraction of sp³-hybridized carbons (Fsp3) is 0.471. The van der Waals surface area contributed by atoms with E-state index in [1.165, 1.54) is 0 Å². The normalized spacial score (nSPS) is 22.6. The Hall–Kier alpha value is -1.65. The predicted molar refractivity (Wildman–Crippen MR) is 84.4 cm³/mol. The fourth-order valence-electron chi connectivity index (χ4n) is 3.10. The SMILES string of the molecule is Cc1ccc2[nH]c(CN[C@@H]3CCCC[C@H]3O)cc(=O)c2c1. The summed E-state index contributed by atoms with van der Waals surface area (Å²) in [7, 11) is 0. The van der Waals surface area contributed by atoms with E-state index in [0.717, 1.165) is 47.8 Å². The molecule has 1 aromatic heterocycles. The van der Waals surface area contributed by atoms with Gasteiger partial charge in [-0.3, -0.25) is 4.79 Å². The highest BCUT2D eigenvalue weighted by atomic mass is 16.3. The number of aromatic amines is 1. The molecule has 1 saturated carbocycles. The van der Waals surface area contributed by atoms with Crippen LogP contribution in [-0.2, 0) is 6.54 Å². The Balaban J connectivity index is 1.78. The van der Waals surface area contributed by atoms with Crippen molar-refractivity contribution < 1.29 is 5.11 Å². The monoisotopic (exact) mass is 286 g/mol. The summed E-state index contributed by atoms with van der Waals surface area (Å²) in [6, 6.07) is 7.65. The zero-order valence-corrected chi connectivity index (χ0v) is 12.4. The molecule has 2 atom stereocenters. The number of hydrogen-bond acceptors (Lipinski definition) is 3. The molecule has 0 radical (unpaired) electrons. The first-order chi connectivity index (χ1) is 10.1. The lowest BCUT2D eigenvalue weighted by atomic mass is 9.92. The molecule has 4 nitrogen and oxygen atoms in total. The second-order valence-electron chi connectivity index (χ2n) is 6.05. The van der Waals surface area contributed by atoms with Crippen LogP contribution in [0.4, 0.5) is 0 Å². The number of benzene rings is 1. The lowest BCUT2D eigenvalue weighted by Crippen LogP contribution is -2.41. The summed E-state index contributed by atoms with van der Waals surface area (Å²) >= 11 is 0. The topological polar surface area (TPSA) is 65.1 Å². The highest BCUT2D eigenvalue weighted by molar-refractivity contribution is 5.79. The molecule has 0 amide bonds. The van der Waals surface area contributed by atoms with E-state index in [2.05, 4.69) is 10.3 Å². The summed E-state index contributed by atoms with van der Waals surface area (Å²) in [5.74, 6) is 0. The third-order valence-electron chi connectivity index (χ3n) is 4.33. The van der Waals surface area contributed by atoms with Crippen LogP contribution in [0.25, 0.3) is 10.9 Å². The molecule has 0 aliphatic heterocycles. The molecule has 21 heavy (non-hydrogen) atoms. The number of rotatable bonds is 3. The van der Waals surface area contributed by atoms with E-state index in [1.807, 2.05) is 25.1 Å². The number of hydrogen-bond donors (Lipinski definition) is 3. The molecule has 1 fully saturated rings. The molecule has 0 saturated heterocycles. The van der Waals surface area contributed by atoms with Crippen LogP contribution in [0.1, 0.15) is 36.9 Å². The minimum atomic E-state index is -0.270. The summed E-state index contributed by atoms with van der Waals surface area (Å²) in [5.41, 5.74) is 2.88. The Morgan fingerprint density at radius 2 is 2.10 bits per heavy atom. The van der Waals surface area contributed by atoms with Crippen LogP contribution >= 0.6 is 0 Å². The largest absolute Gasteiger partial charge is 0.392 e. The summed E-state index contributed by atoms with van der Waals surface area (Å²) < 4.78 is 0. The maximum Gasteiger partial charge on any atom is 0.189 e. The van der Waals surface area contributed by atoms with Gasteiger partial charge in [0.1, 0.15) is 0 Å². The van der Waals surface area contributed by atoms with Gasteiger partial charge in [-0.15, -0.1) is 0 Å². The van der Waals surface area contributed by atoms with Crippen LogP contribution in [0.5, 0.6) is 0 Å². The Morgan fingerprint density at radius 3 is 2.90 bits per heavy atom. The van der Waals surface area contributed by atoms with Gasteiger partial charge >= 0.3 is 0 Å². The number of H-pyrrole nitrogens is 1. The lowest BCUT2D eigenvalue weighted by molar-refractivity contribution is 0.0901. The van der Waals surface area contributed by atoms with Crippen molar-refractivity contribution in [2.45, 2.75) is 51.3 Å². The van der Waals surface area contributed by atoms with Gasteiger partial charge in [-0.1, -0.05) is 24.5 Å². The maximum atomic E-state index is 12.2. The molecule has 0 spiro atoms. The van der Waals surface area contributed by atoms with Gasteiger partial charge in [0.15, 0.2) is 5.43 Å². The minimum absolute atomic E-state index is 0.0495. The van der Waals surface area contributed by atoms with Gasteiger partial charge in [0.2, 0.25) is 0 Å². The van der Waals surface area contributed by atoms with E-state index >= 15 is 0 Å². The average Bonchev–Trinajstić information content (AvgIpc) is 2.47. The Bertz CT molecular complexity index is 693. The number of fused-ring (bicyclic) bond motifs is 1. The average molecular weight is 286 g/mol. The van der Waals surface area contributed by atoms with E-state index in [0.29, 0.717) is 6.54 Å². The predicted octanol–water partition coefficient (Wildman–Crippen LogP) is 2.23. The Morgan fingerprint density at radius 1 is 1.29 bits per heavy atom. The third kappa shape index (κ3) is 3.17.